The molecule has 0 fully saturated rings. The minimum atomic E-state index is -0.633. The molecule has 4 nitrogen and oxygen atoms in total. The molecular weight excluding hydrogens is 763 g/mol. The summed E-state index contributed by atoms with van der Waals surface area (Å²) in [6.07, 6.45) is 0. The van der Waals surface area contributed by atoms with E-state index in [0.717, 1.165) is 81.6 Å². The lowest BCUT2D eigenvalue weighted by Gasteiger charge is -2.39. The van der Waals surface area contributed by atoms with Crippen LogP contribution in [0.25, 0.3) is 91.6 Å². The predicted octanol–water partition coefficient (Wildman–Crippen LogP) is 15.2. The number of aromatic nitrogens is 2. The second-order valence-corrected chi connectivity index (χ2v) is 17.0. The molecule has 5 heteroatoms. The van der Waals surface area contributed by atoms with E-state index in [-0.39, 0.29) is 0 Å². The number of fused-ring (bicyclic) bond motifs is 14. The van der Waals surface area contributed by atoms with Gasteiger partial charge in [-0.1, -0.05) is 140 Å². The van der Waals surface area contributed by atoms with E-state index in [1.165, 1.54) is 33.0 Å². The SMILES string of the molecule is [C-]#[N+]c1ccc(-c2nc(-c3cc4ccccc4cc3-c3ccc4c(c3)C3(c5ccccc5Oc5ccccc53)c3cc5ccccc5cc3-4)c3sc4ccccc4c3n2)cc1. The van der Waals surface area contributed by atoms with Gasteiger partial charge in [0.15, 0.2) is 11.5 Å². The highest BCUT2D eigenvalue weighted by molar-refractivity contribution is 7.26. The Morgan fingerprint density at radius 2 is 1.05 bits per heavy atom. The number of benzene rings is 9. The first-order valence-electron chi connectivity index (χ1n) is 20.4. The highest BCUT2D eigenvalue weighted by Gasteiger charge is 2.51. The fraction of sp³-hybridized carbons (Fsp3) is 0.0179. The maximum absolute atomic E-state index is 7.56. The average Bonchev–Trinajstić information content (AvgIpc) is 3.83. The van der Waals surface area contributed by atoms with Gasteiger partial charge in [-0.2, -0.15) is 0 Å². The van der Waals surface area contributed by atoms with Crippen LogP contribution in [0.1, 0.15) is 22.3 Å². The minimum absolute atomic E-state index is 0.585. The minimum Gasteiger partial charge on any atom is -0.457 e. The lowest BCUT2D eigenvalue weighted by Crippen LogP contribution is -2.32. The third-order valence-corrected chi connectivity index (χ3v) is 13.9. The van der Waals surface area contributed by atoms with Gasteiger partial charge in [0, 0.05) is 32.3 Å². The molecular formula is C56H31N3OS. The van der Waals surface area contributed by atoms with Gasteiger partial charge < -0.3 is 4.74 Å². The Hall–Kier alpha value is -7.91. The second-order valence-electron chi connectivity index (χ2n) is 15.9. The van der Waals surface area contributed by atoms with E-state index in [1.54, 1.807) is 11.3 Å². The van der Waals surface area contributed by atoms with E-state index in [2.05, 4.69) is 169 Å². The van der Waals surface area contributed by atoms with Crippen molar-refractivity contribution in [1.82, 2.24) is 9.97 Å². The van der Waals surface area contributed by atoms with Crippen molar-refractivity contribution in [2.45, 2.75) is 5.41 Å². The Kier molecular flexibility index (Phi) is 7.13. The molecule has 0 bridgehead atoms. The van der Waals surface area contributed by atoms with Gasteiger partial charge in [-0.15, -0.1) is 11.3 Å². The van der Waals surface area contributed by atoms with Crippen molar-refractivity contribution < 1.29 is 4.74 Å². The number of hydrogen-bond donors (Lipinski definition) is 0. The monoisotopic (exact) mass is 793 g/mol. The van der Waals surface area contributed by atoms with Crippen LogP contribution in [0, 0.1) is 6.57 Å². The number of ether oxygens (including phenoxy) is 1. The summed E-state index contributed by atoms with van der Waals surface area (Å²) >= 11 is 1.74. The molecule has 0 N–H and O–H groups in total. The molecule has 2 aromatic heterocycles. The molecule has 0 saturated carbocycles. The number of thiophene rings is 1. The molecule has 2 aliphatic rings. The summed E-state index contributed by atoms with van der Waals surface area (Å²) in [4.78, 5) is 14.4. The number of nitrogens with zero attached hydrogens (tertiary/aromatic N) is 3. The van der Waals surface area contributed by atoms with Crippen molar-refractivity contribution in [2.24, 2.45) is 0 Å². The summed E-state index contributed by atoms with van der Waals surface area (Å²) in [6.45, 7) is 7.56. The van der Waals surface area contributed by atoms with Crippen LogP contribution in [0.15, 0.2) is 188 Å². The zero-order valence-corrected chi connectivity index (χ0v) is 33.4. The summed E-state index contributed by atoms with van der Waals surface area (Å²) in [5, 5.41) is 5.83. The molecule has 11 aromatic rings. The Morgan fingerprint density at radius 1 is 0.475 bits per heavy atom. The zero-order valence-electron chi connectivity index (χ0n) is 32.6. The molecule has 1 spiro atoms. The smallest absolute Gasteiger partial charge is 0.187 e. The molecule has 1 aliphatic heterocycles. The zero-order chi connectivity index (χ0) is 40.2. The van der Waals surface area contributed by atoms with Crippen LogP contribution in [-0.2, 0) is 5.41 Å². The van der Waals surface area contributed by atoms with E-state index >= 15 is 0 Å². The van der Waals surface area contributed by atoms with Gasteiger partial charge in [-0.05, 0) is 103 Å². The van der Waals surface area contributed by atoms with Crippen LogP contribution in [0.2, 0.25) is 0 Å². The van der Waals surface area contributed by atoms with Gasteiger partial charge in [0.2, 0.25) is 0 Å². The standard InChI is InChI=1S/C56H31N3OS/c1-57-39-25-22-33(23-26-39)55-58-52-41-16-6-11-21-51(41)61-54(52)53(59-55)44-30-36-14-3-2-12-34(36)28-42(44)38-24-27-40-43-29-35-13-4-5-15-37(35)31-48(43)56(47(40)32-38)45-17-7-9-19-49(45)60-50-20-10-8-18-46(50)56/h2-32H. The van der Waals surface area contributed by atoms with E-state index in [0.29, 0.717) is 11.5 Å². The first-order chi connectivity index (χ1) is 30.2. The fourth-order valence-electron chi connectivity index (χ4n) is 10.0. The van der Waals surface area contributed by atoms with Gasteiger partial charge in [0.05, 0.1) is 27.9 Å². The van der Waals surface area contributed by atoms with Crippen LogP contribution in [0.3, 0.4) is 0 Å². The normalized spacial score (nSPS) is 13.2. The molecule has 0 atom stereocenters. The third-order valence-electron chi connectivity index (χ3n) is 12.7. The van der Waals surface area contributed by atoms with Gasteiger partial charge >= 0.3 is 0 Å². The average molecular weight is 794 g/mol. The molecule has 0 saturated heterocycles. The molecule has 13 rings (SSSR count). The first kappa shape index (κ1) is 34.0. The third kappa shape index (κ3) is 4.85. The van der Waals surface area contributed by atoms with E-state index in [4.69, 9.17) is 21.3 Å². The molecule has 282 valence electrons. The largest absolute Gasteiger partial charge is 0.457 e. The Bertz CT molecular complexity index is 3660. The van der Waals surface area contributed by atoms with Crippen LogP contribution in [-0.4, -0.2) is 9.97 Å². The van der Waals surface area contributed by atoms with Gasteiger partial charge in [0.25, 0.3) is 0 Å². The maximum atomic E-state index is 7.56. The molecule has 9 aromatic carbocycles. The molecule has 0 amide bonds. The summed E-state index contributed by atoms with van der Waals surface area (Å²) in [6, 6.07) is 67.0. The molecule has 61 heavy (non-hydrogen) atoms. The Balaban J connectivity index is 1.13. The van der Waals surface area contributed by atoms with Crippen LogP contribution in [0.5, 0.6) is 11.5 Å². The topological polar surface area (TPSA) is 39.4 Å². The van der Waals surface area contributed by atoms with Crippen molar-refractivity contribution >= 4 is 58.9 Å². The van der Waals surface area contributed by atoms with E-state index in [1.807, 2.05) is 24.3 Å². The molecule has 0 radical (unpaired) electrons. The number of para-hydroxylation sites is 2. The van der Waals surface area contributed by atoms with Crippen LogP contribution in [0.4, 0.5) is 5.69 Å². The van der Waals surface area contributed by atoms with Crippen molar-refractivity contribution in [3.05, 3.63) is 222 Å². The Labute approximate surface area is 355 Å². The summed E-state index contributed by atoms with van der Waals surface area (Å²) in [5.41, 5.74) is 13.1. The van der Waals surface area contributed by atoms with Crippen LogP contribution >= 0.6 is 11.3 Å². The lowest BCUT2D eigenvalue weighted by atomic mass is 9.65. The molecule has 0 unspecified atom stereocenters. The van der Waals surface area contributed by atoms with Crippen molar-refractivity contribution in [3.63, 3.8) is 0 Å². The second kappa shape index (κ2) is 12.8. The van der Waals surface area contributed by atoms with E-state index in [9.17, 15) is 0 Å². The highest BCUT2D eigenvalue weighted by atomic mass is 32.1. The quantitative estimate of drug-likeness (QED) is 0.167. The van der Waals surface area contributed by atoms with Gasteiger partial charge in [0.1, 0.15) is 11.5 Å². The summed E-state index contributed by atoms with van der Waals surface area (Å²) in [7, 11) is 0. The summed E-state index contributed by atoms with van der Waals surface area (Å²) < 4.78 is 8.93. The first-order valence-corrected chi connectivity index (χ1v) is 21.2. The van der Waals surface area contributed by atoms with Crippen LogP contribution < -0.4 is 4.74 Å². The number of rotatable bonds is 3. The summed E-state index contributed by atoms with van der Waals surface area (Å²) in [5.74, 6) is 2.37. The van der Waals surface area contributed by atoms with E-state index < -0.39 is 5.41 Å². The molecule has 1 aliphatic carbocycles. The van der Waals surface area contributed by atoms with Gasteiger partial charge in [-0.3, -0.25) is 0 Å². The maximum Gasteiger partial charge on any atom is 0.187 e. The lowest BCUT2D eigenvalue weighted by molar-refractivity contribution is 0.436. The van der Waals surface area contributed by atoms with Crippen molar-refractivity contribution in [3.8, 4) is 56.4 Å². The van der Waals surface area contributed by atoms with Crippen molar-refractivity contribution in [2.75, 3.05) is 0 Å². The fourth-order valence-corrected chi connectivity index (χ4v) is 11.2. The number of hydrogen-bond acceptors (Lipinski definition) is 4. The van der Waals surface area contributed by atoms with Crippen molar-refractivity contribution in [1.29, 1.82) is 0 Å². The highest BCUT2D eigenvalue weighted by Crippen LogP contribution is 2.63. The molecule has 3 heterocycles. The Morgan fingerprint density at radius 3 is 1.75 bits per heavy atom. The predicted molar refractivity (Wildman–Crippen MR) is 250 cm³/mol. The van der Waals surface area contributed by atoms with Gasteiger partial charge in [-0.25, -0.2) is 14.8 Å².